The number of rotatable bonds is 4. The van der Waals surface area contributed by atoms with E-state index in [1.807, 2.05) is 0 Å². The summed E-state index contributed by atoms with van der Waals surface area (Å²) in [6.45, 7) is 3.59. The van der Waals surface area contributed by atoms with Gasteiger partial charge in [-0.1, -0.05) is 31.1 Å². The zero-order chi connectivity index (χ0) is 15.0. The molecule has 1 saturated carbocycles. The van der Waals surface area contributed by atoms with E-state index in [0.717, 1.165) is 12.8 Å². The summed E-state index contributed by atoms with van der Waals surface area (Å²) in [5, 5.41) is 10.4. The van der Waals surface area contributed by atoms with Gasteiger partial charge in [-0.2, -0.15) is 0 Å². The molecule has 2 rings (SSSR count). The predicted octanol–water partition coefficient (Wildman–Crippen LogP) is 0.964. The Kier molecular flexibility index (Phi) is 4.38. The van der Waals surface area contributed by atoms with Gasteiger partial charge in [0.15, 0.2) is 4.21 Å². The topological polar surface area (TPSA) is 99.3 Å². The van der Waals surface area contributed by atoms with Gasteiger partial charge in [0.1, 0.15) is 0 Å². The van der Waals surface area contributed by atoms with E-state index in [9.17, 15) is 18.3 Å². The fourth-order valence-electron chi connectivity index (χ4n) is 2.73. The maximum absolute atomic E-state index is 12.2. The summed E-state index contributed by atoms with van der Waals surface area (Å²) in [6.07, 6.45) is 3.16. The molecule has 0 saturated heterocycles. The van der Waals surface area contributed by atoms with Crippen LogP contribution in [0.25, 0.3) is 0 Å². The first kappa shape index (κ1) is 15.7. The Balaban J connectivity index is 2.10. The molecule has 1 aromatic heterocycles. The zero-order valence-corrected chi connectivity index (χ0v) is 13.2. The lowest BCUT2D eigenvalue weighted by molar-refractivity contribution is -0.00751. The lowest BCUT2D eigenvalue weighted by atomic mass is 9.79. The van der Waals surface area contributed by atoms with E-state index in [2.05, 4.69) is 16.6 Å². The third-order valence-corrected chi connectivity index (χ3v) is 6.69. The minimum Gasteiger partial charge on any atom is -0.389 e. The van der Waals surface area contributed by atoms with Crippen molar-refractivity contribution in [1.82, 2.24) is 9.71 Å². The molecule has 2 unspecified atom stereocenters. The summed E-state index contributed by atoms with van der Waals surface area (Å²) in [6, 6.07) is 0. The molecule has 114 valence electrons. The van der Waals surface area contributed by atoms with Crippen LogP contribution in [0.5, 0.6) is 0 Å². The number of aromatic nitrogens is 1. The third-order valence-electron chi connectivity index (χ3n) is 3.68. The average molecular weight is 320 g/mol. The van der Waals surface area contributed by atoms with Crippen LogP contribution >= 0.6 is 11.3 Å². The highest BCUT2D eigenvalue weighted by atomic mass is 32.2. The standard InChI is InChI=1S/C12H20N2O4S2/c1-8-4-3-5-12(16,6-8)7-13-20(17,18)10-9(2)14-11(15)19-10/h8,13,16H,3-7H2,1-2H3,(H,14,15). The van der Waals surface area contributed by atoms with Gasteiger partial charge in [0.05, 0.1) is 5.60 Å². The van der Waals surface area contributed by atoms with Crippen LogP contribution in [-0.2, 0) is 10.0 Å². The normalized spacial score (nSPS) is 27.6. The molecule has 3 N–H and O–H groups in total. The van der Waals surface area contributed by atoms with Gasteiger partial charge >= 0.3 is 4.87 Å². The van der Waals surface area contributed by atoms with Gasteiger partial charge in [-0.3, -0.25) is 4.79 Å². The summed E-state index contributed by atoms with van der Waals surface area (Å²) in [5.74, 6) is 0.392. The number of aliphatic hydroxyl groups is 1. The van der Waals surface area contributed by atoms with E-state index in [1.165, 1.54) is 0 Å². The number of hydrogen-bond acceptors (Lipinski definition) is 5. The van der Waals surface area contributed by atoms with Gasteiger partial charge in [0, 0.05) is 12.2 Å². The molecular formula is C12H20N2O4S2. The number of aromatic amines is 1. The van der Waals surface area contributed by atoms with E-state index in [1.54, 1.807) is 6.92 Å². The Bertz CT molecular complexity index is 634. The molecule has 2 atom stereocenters. The van der Waals surface area contributed by atoms with Crippen molar-refractivity contribution in [3.8, 4) is 0 Å². The van der Waals surface area contributed by atoms with Crippen LogP contribution in [0.3, 0.4) is 0 Å². The van der Waals surface area contributed by atoms with Gasteiger partial charge in [0.2, 0.25) is 0 Å². The monoisotopic (exact) mass is 320 g/mol. The van der Waals surface area contributed by atoms with Crippen LogP contribution in [-0.4, -0.2) is 30.7 Å². The molecule has 1 aromatic rings. The molecule has 0 aliphatic heterocycles. The minimum atomic E-state index is -3.75. The Hall–Kier alpha value is -0.700. The number of thiazole rings is 1. The van der Waals surface area contributed by atoms with Crippen molar-refractivity contribution in [2.45, 2.75) is 49.3 Å². The molecule has 0 aromatic carbocycles. The van der Waals surface area contributed by atoms with Gasteiger partial charge in [-0.05, 0) is 25.7 Å². The van der Waals surface area contributed by atoms with Crippen molar-refractivity contribution in [3.05, 3.63) is 15.4 Å². The Morgan fingerprint density at radius 2 is 2.25 bits per heavy atom. The predicted molar refractivity (Wildman–Crippen MR) is 77.4 cm³/mol. The molecule has 0 bridgehead atoms. The molecule has 6 nitrogen and oxygen atoms in total. The van der Waals surface area contributed by atoms with Crippen LogP contribution in [0, 0.1) is 12.8 Å². The van der Waals surface area contributed by atoms with Crippen molar-refractivity contribution in [3.63, 3.8) is 0 Å². The number of hydrogen-bond donors (Lipinski definition) is 3. The van der Waals surface area contributed by atoms with E-state index < -0.39 is 20.5 Å². The minimum absolute atomic E-state index is 0.00467. The van der Waals surface area contributed by atoms with Crippen LogP contribution in [0.2, 0.25) is 0 Å². The second kappa shape index (κ2) is 5.59. The first-order chi connectivity index (χ1) is 9.22. The Labute approximate surface area is 122 Å². The summed E-state index contributed by atoms with van der Waals surface area (Å²) in [4.78, 5) is 13.2. The second-order valence-electron chi connectivity index (χ2n) is 5.68. The number of sulfonamides is 1. The Morgan fingerprint density at radius 3 is 2.80 bits per heavy atom. The molecule has 1 aliphatic carbocycles. The third kappa shape index (κ3) is 3.49. The maximum atomic E-state index is 12.2. The summed E-state index contributed by atoms with van der Waals surface area (Å²) in [5.41, 5.74) is -0.656. The van der Waals surface area contributed by atoms with Gasteiger partial charge in [-0.25, -0.2) is 13.1 Å². The number of aryl methyl sites for hydroxylation is 1. The molecule has 1 fully saturated rings. The van der Waals surface area contributed by atoms with E-state index in [0.29, 0.717) is 35.8 Å². The first-order valence-corrected chi connectivity index (χ1v) is 8.94. The maximum Gasteiger partial charge on any atom is 0.305 e. The van der Waals surface area contributed by atoms with Crippen LogP contribution < -0.4 is 9.60 Å². The second-order valence-corrected chi connectivity index (χ2v) is 8.62. The zero-order valence-electron chi connectivity index (χ0n) is 11.6. The van der Waals surface area contributed by atoms with Crippen molar-refractivity contribution >= 4 is 21.4 Å². The summed E-state index contributed by atoms with van der Waals surface area (Å²) in [7, 11) is -3.75. The Morgan fingerprint density at radius 1 is 1.55 bits per heavy atom. The van der Waals surface area contributed by atoms with E-state index in [-0.39, 0.29) is 10.8 Å². The van der Waals surface area contributed by atoms with E-state index in [4.69, 9.17) is 0 Å². The molecule has 20 heavy (non-hydrogen) atoms. The largest absolute Gasteiger partial charge is 0.389 e. The van der Waals surface area contributed by atoms with Crippen LogP contribution in [0.1, 0.15) is 38.3 Å². The first-order valence-electron chi connectivity index (χ1n) is 6.64. The lowest BCUT2D eigenvalue weighted by Crippen LogP contribution is -2.45. The molecule has 0 radical (unpaired) electrons. The fourth-order valence-corrected chi connectivity index (χ4v) is 5.20. The fraction of sp³-hybridized carbons (Fsp3) is 0.750. The van der Waals surface area contributed by atoms with Crippen LogP contribution in [0.15, 0.2) is 9.00 Å². The smallest absolute Gasteiger partial charge is 0.305 e. The van der Waals surface area contributed by atoms with Gasteiger partial charge in [-0.15, -0.1) is 0 Å². The molecule has 0 spiro atoms. The highest BCUT2D eigenvalue weighted by Crippen LogP contribution is 2.32. The molecule has 8 heteroatoms. The number of nitrogens with one attached hydrogen (secondary N) is 2. The highest BCUT2D eigenvalue weighted by molar-refractivity contribution is 7.91. The van der Waals surface area contributed by atoms with Gasteiger partial charge < -0.3 is 10.1 Å². The van der Waals surface area contributed by atoms with Crippen molar-refractivity contribution in [2.24, 2.45) is 5.92 Å². The summed E-state index contributed by atoms with van der Waals surface area (Å²) >= 11 is 0.664. The molecule has 1 aliphatic rings. The molecular weight excluding hydrogens is 300 g/mol. The quantitative estimate of drug-likeness (QED) is 0.769. The van der Waals surface area contributed by atoms with Gasteiger partial charge in [0.25, 0.3) is 10.0 Å². The summed E-state index contributed by atoms with van der Waals surface area (Å²) < 4.78 is 26.8. The highest BCUT2D eigenvalue weighted by Gasteiger charge is 2.34. The van der Waals surface area contributed by atoms with Crippen molar-refractivity contribution in [2.75, 3.05) is 6.54 Å². The lowest BCUT2D eigenvalue weighted by Gasteiger charge is -2.35. The van der Waals surface area contributed by atoms with E-state index >= 15 is 0 Å². The molecule has 0 amide bonds. The average Bonchev–Trinajstić information content (AvgIpc) is 2.67. The SMILES string of the molecule is Cc1[nH]c(=O)sc1S(=O)(=O)NCC1(O)CCCC(C)C1. The molecule has 1 heterocycles. The van der Waals surface area contributed by atoms with Crippen molar-refractivity contribution in [1.29, 1.82) is 0 Å². The van der Waals surface area contributed by atoms with Crippen molar-refractivity contribution < 1.29 is 13.5 Å². The van der Waals surface area contributed by atoms with Crippen LogP contribution in [0.4, 0.5) is 0 Å². The number of H-pyrrole nitrogens is 1.